The van der Waals surface area contributed by atoms with E-state index in [4.69, 9.17) is 23.8 Å². The molecule has 1 aromatic carbocycles. The molecule has 2 aromatic heterocycles. The van der Waals surface area contributed by atoms with Crippen LogP contribution in [0.25, 0.3) is 0 Å². The minimum absolute atomic E-state index is 0.0796. The molecule has 3 aromatic rings. The SMILES string of the molecule is Cc1[nH]c(C)c([C@H]2[C@H](c3ccccn3)NC(=S)N2c2ccc(NC(=O)C(C)C)c(Cl)c2)c1I. The van der Waals surface area contributed by atoms with E-state index in [1.165, 1.54) is 9.13 Å². The molecule has 0 bridgehead atoms. The molecule has 0 spiro atoms. The smallest absolute Gasteiger partial charge is 0.226 e. The summed E-state index contributed by atoms with van der Waals surface area (Å²) in [6, 6.07) is 11.2. The minimum atomic E-state index is -0.139. The zero-order chi connectivity index (χ0) is 23.9. The van der Waals surface area contributed by atoms with Gasteiger partial charge in [0, 0.05) is 38.3 Å². The van der Waals surface area contributed by atoms with Gasteiger partial charge in [-0.25, -0.2) is 0 Å². The average molecular weight is 594 g/mol. The van der Waals surface area contributed by atoms with E-state index >= 15 is 0 Å². The lowest BCUT2D eigenvalue weighted by molar-refractivity contribution is -0.118. The van der Waals surface area contributed by atoms with Gasteiger partial charge in [-0.2, -0.15) is 0 Å². The first-order valence-electron chi connectivity index (χ1n) is 10.6. The first-order chi connectivity index (χ1) is 15.7. The molecule has 1 aliphatic rings. The predicted molar refractivity (Wildman–Crippen MR) is 146 cm³/mol. The molecule has 172 valence electrons. The molecule has 4 rings (SSSR count). The Bertz CT molecular complexity index is 1210. The Morgan fingerprint density at radius 3 is 2.58 bits per heavy atom. The van der Waals surface area contributed by atoms with Crippen molar-refractivity contribution in [3.05, 3.63) is 73.8 Å². The van der Waals surface area contributed by atoms with Crippen LogP contribution in [-0.2, 0) is 4.79 Å². The van der Waals surface area contributed by atoms with Crippen LogP contribution >= 0.6 is 46.4 Å². The van der Waals surface area contributed by atoms with Crippen molar-refractivity contribution in [1.82, 2.24) is 15.3 Å². The number of H-pyrrole nitrogens is 1. The summed E-state index contributed by atoms with van der Waals surface area (Å²) in [6.45, 7) is 7.84. The number of halogens is 2. The van der Waals surface area contributed by atoms with Gasteiger partial charge in [0.05, 0.1) is 28.5 Å². The number of carbonyl (C=O) groups excluding carboxylic acids is 1. The van der Waals surface area contributed by atoms with Crippen molar-refractivity contribution >= 4 is 68.8 Å². The number of aryl methyl sites for hydroxylation is 2. The predicted octanol–water partition coefficient (Wildman–Crippen LogP) is 6.06. The van der Waals surface area contributed by atoms with E-state index in [2.05, 4.69) is 61.9 Å². The highest BCUT2D eigenvalue weighted by atomic mass is 127. The lowest BCUT2D eigenvalue weighted by Crippen LogP contribution is -2.30. The largest absolute Gasteiger partial charge is 0.362 e. The van der Waals surface area contributed by atoms with Crippen LogP contribution in [0.15, 0.2) is 42.6 Å². The molecule has 0 aliphatic carbocycles. The van der Waals surface area contributed by atoms with Crippen LogP contribution in [0.4, 0.5) is 11.4 Å². The molecule has 6 nitrogen and oxygen atoms in total. The van der Waals surface area contributed by atoms with E-state index in [-0.39, 0.29) is 23.9 Å². The van der Waals surface area contributed by atoms with Gasteiger partial charge in [0.15, 0.2) is 5.11 Å². The van der Waals surface area contributed by atoms with Gasteiger partial charge in [-0.15, -0.1) is 0 Å². The summed E-state index contributed by atoms with van der Waals surface area (Å²) in [5.41, 5.74) is 5.71. The van der Waals surface area contributed by atoms with Gasteiger partial charge in [-0.05, 0) is 79.0 Å². The summed E-state index contributed by atoms with van der Waals surface area (Å²) in [5, 5.41) is 7.42. The molecule has 3 N–H and O–H groups in total. The third-order valence-electron chi connectivity index (χ3n) is 5.75. The van der Waals surface area contributed by atoms with Crippen LogP contribution in [0, 0.1) is 23.3 Å². The lowest BCUT2D eigenvalue weighted by Gasteiger charge is -2.29. The van der Waals surface area contributed by atoms with Crippen molar-refractivity contribution in [1.29, 1.82) is 0 Å². The van der Waals surface area contributed by atoms with Gasteiger partial charge in [-0.3, -0.25) is 9.78 Å². The van der Waals surface area contributed by atoms with Crippen molar-refractivity contribution in [3.63, 3.8) is 0 Å². The highest BCUT2D eigenvalue weighted by Gasteiger charge is 2.43. The van der Waals surface area contributed by atoms with E-state index in [1.807, 2.05) is 50.2 Å². The molecule has 3 heterocycles. The maximum atomic E-state index is 12.1. The number of benzene rings is 1. The number of nitrogens with one attached hydrogen (secondary N) is 3. The zero-order valence-corrected chi connectivity index (χ0v) is 22.5. The van der Waals surface area contributed by atoms with Gasteiger partial charge >= 0.3 is 0 Å². The van der Waals surface area contributed by atoms with E-state index in [1.54, 1.807) is 6.20 Å². The summed E-state index contributed by atoms with van der Waals surface area (Å²) < 4.78 is 1.17. The van der Waals surface area contributed by atoms with Gasteiger partial charge in [0.1, 0.15) is 0 Å². The second kappa shape index (κ2) is 9.60. The Balaban J connectivity index is 1.80. The fourth-order valence-corrected chi connectivity index (χ4v) is 5.51. The molecule has 0 radical (unpaired) electrons. The Kier molecular flexibility index (Phi) is 6.97. The number of amides is 1. The molecule has 1 saturated heterocycles. The van der Waals surface area contributed by atoms with E-state index in [0.29, 0.717) is 15.8 Å². The van der Waals surface area contributed by atoms with Crippen LogP contribution in [0.1, 0.15) is 48.6 Å². The first-order valence-corrected chi connectivity index (χ1v) is 12.5. The Morgan fingerprint density at radius 1 is 1.24 bits per heavy atom. The molecular weight excluding hydrogens is 569 g/mol. The number of thiocarbonyl (C=S) groups is 1. The first kappa shape index (κ1) is 24.0. The van der Waals surface area contributed by atoms with Crippen LogP contribution in [0.2, 0.25) is 5.02 Å². The second-order valence-corrected chi connectivity index (χ2v) is 10.3. The minimum Gasteiger partial charge on any atom is -0.362 e. The summed E-state index contributed by atoms with van der Waals surface area (Å²) >= 11 is 14.8. The third-order valence-corrected chi connectivity index (χ3v) is 7.77. The highest BCUT2D eigenvalue weighted by molar-refractivity contribution is 14.1. The molecule has 1 aliphatic heterocycles. The summed E-state index contributed by atoms with van der Waals surface area (Å²) in [7, 11) is 0. The third kappa shape index (κ3) is 4.61. The maximum absolute atomic E-state index is 12.1. The van der Waals surface area contributed by atoms with Gasteiger partial charge in [-0.1, -0.05) is 31.5 Å². The van der Waals surface area contributed by atoms with E-state index in [9.17, 15) is 4.79 Å². The normalized spacial score (nSPS) is 18.0. The number of aromatic nitrogens is 2. The van der Waals surface area contributed by atoms with Crippen LogP contribution in [0.5, 0.6) is 0 Å². The number of pyridine rings is 1. The van der Waals surface area contributed by atoms with Crippen molar-refractivity contribution in [2.24, 2.45) is 5.92 Å². The number of aromatic amines is 1. The monoisotopic (exact) mass is 593 g/mol. The van der Waals surface area contributed by atoms with Gasteiger partial charge in [0.25, 0.3) is 0 Å². The fraction of sp³-hybridized carbons (Fsp3) is 0.292. The van der Waals surface area contributed by atoms with Crippen LogP contribution in [0.3, 0.4) is 0 Å². The quantitative estimate of drug-likeness (QED) is 0.248. The Labute approximate surface area is 217 Å². The Hall–Kier alpha value is -2.17. The number of hydrogen-bond donors (Lipinski definition) is 3. The summed E-state index contributed by atoms with van der Waals surface area (Å²) in [6.07, 6.45) is 1.79. The Morgan fingerprint density at radius 2 is 2.00 bits per heavy atom. The average Bonchev–Trinajstić information content (AvgIpc) is 3.24. The van der Waals surface area contributed by atoms with Gasteiger partial charge < -0.3 is 20.5 Å². The fourth-order valence-electron chi connectivity index (χ4n) is 4.08. The number of rotatable bonds is 5. The molecule has 1 amide bonds. The zero-order valence-electron chi connectivity index (χ0n) is 18.7. The molecule has 1 fully saturated rings. The van der Waals surface area contributed by atoms with Crippen LogP contribution in [-0.4, -0.2) is 21.0 Å². The second-order valence-electron chi connectivity index (χ2n) is 8.41. The number of anilines is 2. The molecule has 33 heavy (non-hydrogen) atoms. The van der Waals surface area contributed by atoms with Crippen molar-refractivity contribution in [3.8, 4) is 0 Å². The number of hydrogen-bond acceptors (Lipinski definition) is 3. The molecule has 0 unspecified atom stereocenters. The van der Waals surface area contributed by atoms with E-state index < -0.39 is 0 Å². The van der Waals surface area contributed by atoms with Gasteiger partial charge in [0.2, 0.25) is 5.91 Å². The molecule has 0 saturated carbocycles. The van der Waals surface area contributed by atoms with Crippen molar-refractivity contribution in [2.45, 2.75) is 39.8 Å². The highest BCUT2D eigenvalue weighted by Crippen LogP contribution is 2.45. The summed E-state index contributed by atoms with van der Waals surface area (Å²) in [4.78, 5) is 22.3. The number of carbonyl (C=O) groups is 1. The molecule has 9 heteroatoms. The standard InChI is InChI=1S/C24H25ClIN5OS/c1-12(2)23(32)29-17-9-8-15(11-16(17)25)31-22(19-13(3)28-14(4)20(19)26)21(30-24(31)33)18-7-5-6-10-27-18/h5-12,21-22,28H,1-4H3,(H,29,32)(H,30,33)/t21-,22-/m0/s1. The maximum Gasteiger partial charge on any atom is 0.226 e. The topological polar surface area (TPSA) is 73.1 Å². The molecular formula is C24H25ClIN5OS. The van der Waals surface area contributed by atoms with Crippen molar-refractivity contribution in [2.75, 3.05) is 10.2 Å². The van der Waals surface area contributed by atoms with E-state index in [0.717, 1.165) is 22.8 Å². The number of nitrogens with zero attached hydrogens (tertiary/aromatic N) is 2. The van der Waals surface area contributed by atoms with Crippen LogP contribution < -0.4 is 15.5 Å². The molecule has 2 atom stereocenters. The summed E-state index contributed by atoms with van der Waals surface area (Å²) in [5.74, 6) is -0.217. The van der Waals surface area contributed by atoms with Crippen molar-refractivity contribution < 1.29 is 4.79 Å². The lowest BCUT2D eigenvalue weighted by atomic mass is 9.96.